The summed E-state index contributed by atoms with van der Waals surface area (Å²) in [6.45, 7) is 13.6. The van der Waals surface area contributed by atoms with Gasteiger partial charge in [0.15, 0.2) is 5.75 Å². The number of benzene rings is 3. The second-order valence-corrected chi connectivity index (χ2v) is 15.5. The van der Waals surface area contributed by atoms with E-state index < -0.39 is 41.6 Å². The van der Waals surface area contributed by atoms with E-state index in [2.05, 4.69) is 15.3 Å². The normalized spacial score (nSPS) is 12.8. The average molecular weight is 767 g/mol. The van der Waals surface area contributed by atoms with Crippen LogP contribution in [-0.2, 0) is 30.3 Å². The summed E-state index contributed by atoms with van der Waals surface area (Å²) in [5.74, 6) is -0.747. The van der Waals surface area contributed by atoms with Crippen LogP contribution >= 0.6 is 0 Å². The van der Waals surface area contributed by atoms with Crippen LogP contribution in [0.3, 0.4) is 0 Å². The van der Waals surface area contributed by atoms with Crippen LogP contribution in [0, 0.1) is 13.8 Å². The molecule has 56 heavy (non-hydrogen) atoms. The Morgan fingerprint density at radius 3 is 1.88 bits per heavy atom. The first kappa shape index (κ1) is 41.2. The number of alkyl carbamates (subject to hydrolysis) is 1. The summed E-state index contributed by atoms with van der Waals surface area (Å²) in [5, 5.41) is 2.70. The quantitative estimate of drug-likeness (QED) is 0.109. The summed E-state index contributed by atoms with van der Waals surface area (Å²) in [7, 11) is 0. The molecule has 3 aromatic carbocycles. The largest absolute Gasteiger partial charge is 0.514 e. The minimum Gasteiger partial charge on any atom is -0.459 e. The van der Waals surface area contributed by atoms with Crippen molar-refractivity contribution >= 4 is 30.3 Å². The lowest BCUT2D eigenvalue weighted by molar-refractivity contribution is -0.147. The fourth-order valence-electron chi connectivity index (χ4n) is 6.21. The number of carbonyl (C=O) groups is 4. The molecule has 1 N–H and O–H groups in total. The van der Waals surface area contributed by atoms with Crippen molar-refractivity contribution in [3.63, 3.8) is 0 Å². The van der Waals surface area contributed by atoms with Crippen LogP contribution in [0.4, 0.5) is 20.3 Å². The molecule has 296 valence electrons. The molecule has 4 aromatic rings. The minimum atomic E-state index is -1.12. The Hall–Kier alpha value is -5.98. The van der Waals surface area contributed by atoms with E-state index in [4.69, 9.17) is 23.7 Å². The number of amides is 2. The van der Waals surface area contributed by atoms with Gasteiger partial charge in [0, 0.05) is 12.5 Å². The van der Waals surface area contributed by atoms with Gasteiger partial charge in [0.05, 0.1) is 11.4 Å². The van der Waals surface area contributed by atoms with Crippen LogP contribution in [0.25, 0.3) is 11.1 Å². The fraction of sp³-hybridized carbons (Fsp3) is 0.395. The van der Waals surface area contributed by atoms with Crippen molar-refractivity contribution in [3.05, 3.63) is 107 Å². The molecular weight excluding hydrogens is 716 g/mol. The van der Waals surface area contributed by atoms with Crippen molar-refractivity contribution in [1.29, 1.82) is 0 Å². The van der Waals surface area contributed by atoms with Crippen molar-refractivity contribution in [3.8, 4) is 16.9 Å². The van der Waals surface area contributed by atoms with Crippen molar-refractivity contribution in [1.82, 2.24) is 15.3 Å². The molecule has 1 aromatic heterocycles. The van der Waals surface area contributed by atoms with Crippen LogP contribution < -0.4 is 15.0 Å². The van der Waals surface area contributed by atoms with Gasteiger partial charge in [-0.2, -0.15) is 0 Å². The summed E-state index contributed by atoms with van der Waals surface area (Å²) in [5.41, 5.74) is 4.01. The zero-order valence-corrected chi connectivity index (χ0v) is 33.2. The third-order valence-corrected chi connectivity index (χ3v) is 8.64. The minimum absolute atomic E-state index is 0.00140. The highest BCUT2D eigenvalue weighted by molar-refractivity contribution is 5.86. The predicted molar refractivity (Wildman–Crippen MR) is 209 cm³/mol. The molecular formula is C43H50N4O9. The topological polar surface area (TPSA) is 155 Å². The molecule has 13 nitrogen and oxygen atoms in total. The lowest BCUT2D eigenvalue weighted by Crippen LogP contribution is -2.43. The van der Waals surface area contributed by atoms with E-state index in [9.17, 15) is 19.2 Å². The summed E-state index contributed by atoms with van der Waals surface area (Å²) >= 11 is 0. The standard InChI is InChI=1S/C43H50N4O9/c1-27-36(54-41(51)56-43(6,7)8)28(2)45-38(44-27)47(40(50)55-42(3,4)5)24-16-23-35(37(48)52-25-29-17-10-9-11-18-29)46-39(49)53-26-34-32-21-14-12-19-30(32)31-20-13-15-22-33(31)34/h9-15,17-22,34-35H,16,23-26H2,1-8H3,(H,46,49)/t35-/m0/s1. The third-order valence-electron chi connectivity index (χ3n) is 8.64. The van der Waals surface area contributed by atoms with Crippen LogP contribution in [0.1, 0.15) is 88.4 Å². The van der Waals surface area contributed by atoms with Gasteiger partial charge in [-0.25, -0.2) is 34.0 Å². The maximum Gasteiger partial charge on any atom is 0.514 e. The number of hydrogen-bond donors (Lipinski definition) is 1. The lowest BCUT2D eigenvalue weighted by atomic mass is 9.98. The maximum absolute atomic E-state index is 13.6. The van der Waals surface area contributed by atoms with Crippen LogP contribution in [0.15, 0.2) is 78.9 Å². The molecule has 0 saturated heterocycles. The van der Waals surface area contributed by atoms with E-state index in [-0.39, 0.29) is 61.6 Å². The lowest BCUT2D eigenvalue weighted by Gasteiger charge is -2.27. The first-order chi connectivity index (χ1) is 26.5. The van der Waals surface area contributed by atoms with Gasteiger partial charge in [-0.15, -0.1) is 0 Å². The van der Waals surface area contributed by atoms with Gasteiger partial charge >= 0.3 is 24.3 Å². The smallest absolute Gasteiger partial charge is 0.459 e. The van der Waals surface area contributed by atoms with Gasteiger partial charge in [-0.1, -0.05) is 78.9 Å². The number of esters is 1. The number of hydrogen-bond acceptors (Lipinski definition) is 11. The fourth-order valence-corrected chi connectivity index (χ4v) is 6.21. The Balaban J connectivity index is 1.31. The molecule has 13 heteroatoms. The summed E-state index contributed by atoms with van der Waals surface area (Å²) in [6, 6.07) is 24.1. The van der Waals surface area contributed by atoms with E-state index in [1.165, 1.54) is 4.90 Å². The first-order valence-corrected chi connectivity index (χ1v) is 18.6. The molecule has 1 heterocycles. The van der Waals surface area contributed by atoms with Crippen LogP contribution in [0.2, 0.25) is 0 Å². The maximum atomic E-state index is 13.6. The van der Waals surface area contributed by atoms with Gasteiger partial charge in [-0.3, -0.25) is 0 Å². The van der Waals surface area contributed by atoms with Gasteiger partial charge in [0.2, 0.25) is 5.95 Å². The van der Waals surface area contributed by atoms with Crippen molar-refractivity contribution in [2.45, 2.75) is 98.0 Å². The molecule has 0 radical (unpaired) electrons. The van der Waals surface area contributed by atoms with Gasteiger partial charge in [0.25, 0.3) is 0 Å². The number of nitrogens with one attached hydrogen (secondary N) is 1. The molecule has 0 spiro atoms. The average Bonchev–Trinajstić information content (AvgIpc) is 3.44. The molecule has 0 aliphatic heterocycles. The Morgan fingerprint density at radius 1 is 0.750 bits per heavy atom. The number of carbonyl (C=O) groups excluding carboxylic acids is 4. The highest BCUT2D eigenvalue weighted by Gasteiger charge is 2.32. The molecule has 0 unspecified atom stereocenters. The zero-order chi connectivity index (χ0) is 40.6. The molecule has 1 atom stereocenters. The SMILES string of the molecule is Cc1nc(N(CCC[C@H](NC(=O)OCC2c3ccccc3-c3ccccc32)C(=O)OCc2ccccc2)C(=O)OC(C)(C)C)nc(C)c1OC(=O)OC(C)(C)C. The molecule has 5 rings (SSSR count). The number of anilines is 1. The molecule has 2 amide bonds. The van der Waals surface area contributed by atoms with Crippen molar-refractivity contribution in [2.24, 2.45) is 0 Å². The molecule has 0 bridgehead atoms. The Labute approximate surface area is 327 Å². The number of fused-ring (bicyclic) bond motifs is 3. The van der Waals surface area contributed by atoms with Crippen LogP contribution in [-0.4, -0.2) is 64.7 Å². The highest BCUT2D eigenvalue weighted by atomic mass is 16.7. The van der Waals surface area contributed by atoms with Crippen LogP contribution in [0.5, 0.6) is 5.75 Å². The van der Waals surface area contributed by atoms with E-state index >= 15 is 0 Å². The zero-order valence-electron chi connectivity index (χ0n) is 33.2. The Kier molecular flexibility index (Phi) is 13.0. The number of ether oxygens (including phenoxy) is 5. The van der Waals surface area contributed by atoms with E-state index in [0.717, 1.165) is 27.8 Å². The number of rotatable bonds is 12. The predicted octanol–water partition coefficient (Wildman–Crippen LogP) is 8.58. The summed E-state index contributed by atoms with van der Waals surface area (Å²) < 4.78 is 27.8. The molecule has 1 aliphatic carbocycles. The second kappa shape index (κ2) is 17.7. The van der Waals surface area contributed by atoms with E-state index in [1.54, 1.807) is 55.4 Å². The molecule has 0 fully saturated rings. The third kappa shape index (κ3) is 11.0. The van der Waals surface area contributed by atoms with Crippen molar-refractivity contribution < 1.29 is 42.9 Å². The van der Waals surface area contributed by atoms with E-state index in [1.807, 2.05) is 78.9 Å². The monoisotopic (exact) mass is 766 g/mol. The highest BCUT2D eigenvalue weighted by Crippen LogP contribution is 2.44. The number of aromatic nitrogens is 2. The second-order valence-electron chi connectivity index (χ2n) is 15.5. The van der Waals surface area contributed by atoms with Gasteiger partial charge in [0.1, 0.15) is 30.5 Å². The Morgan fingerprint density at radius 2 is 1.30 bits per heavy atom. The van der Waals surface area contributed by atoms with Gasteiger partial charge in [-0.05, 0) is 96.0 Å². The number of nitrogens with zero attached hydrogens (tertiary/aromatic N) is 3. The molecule has 0 saturated carbocycles. The first-order valence-electron chi connectivity index (χ1n) is 18.6. The Bertz CT molecular complexity index is 1970. The van der Waals surface area contributed by atoms with Gasteiger partial charge < -0.3 is 29.0 Å². The van der Waals surface area contributed by atoms with Crippen molar-refractivity contribution in [2.75, 3.05) is 18.1 Å². The number of aryl methyl sites for hydroxylation is 2. The van der Waals surface area contributed by atoms with E-state index in [0.29, 0.717) is 0 Å². The summed E-state index contributed by atoms with van der Waals surface area (Å²) in [6.07, 6.45) is -2.18. The summed E-state index contributed by atoms with van der Waals surface area (Å²) in [4.78, 5) is 63.1. The molecule has 1 aliphatic rings.